The third-order valence-electron chi connectivity index (χ3n) is 7.78. The molecule has 1 N–H and O–H groups in total. The molecule has 1 heterocycles. The Balaban J connectivity index is 1.32. The fourth-order valence-electron chi connectivity index (χ4n) is 5.62. The van der Waals surface area contributed by atoms with Crippen LogP contribution in [0.4, 0.5) is 10.1 Å². The average molecular weight is 530 g/mol. The molecule has 0 radical (unpaired) electrons. The highest BCUT2D eigenvalue weighted by Gasteiger charge is 2.31. The Hall–Kier alpha value is -2.45. The number of sulfonamides is 1. The summed E-state index contributed by atoms with van der Waals surface area (Å²) in [6, 6.07) is 15.6. The van der Waals surface area contributed by atoms with Crippen LogP contribution in [0.5, 0.6) is 0 Å². The molecule has 8 heteroatoms. The van der Waals surface area contributed by atoms with Crippen molar-refractivity contribution in [2.75, 3.05) is 29.7 Å². The van der Waals surface area contributed by atoms with Gasteiger partial charge in [0.05, 0.1) is 17.9 Å². The van der Waals surface area contributed by atoms with Crippen LogP contribution in [0.3, 0.4) is 0 Å². The van der Waals surface area contributed by atoms with Crippen LogP contribution in [-0.4, -0.2) is 56.7 Å². The van der Waals surface area contributed by atoms with E-state index in [1.54, 1.807) is 16.4 Å². The highest BCUT2D eigenvalue weighted by molar-refractivity contribution is 7.92. The van der Waals surface area contributed by atoms with Gasteiger partial charge in [0.15, 0.2) is 0 Å². The monoisotopic (exact) mass is 529 g/mol. The third-order valence-corrected chi connectivity index (χ3v) is 9.70. The van der Waals surface area contributed by atoms with Crippen molar-refractivity contribution in [1.29, 1.82) is 0 Å². The van der Waals surface area contributed by atoms with E-state index in [1.807, 2.05) is 30.3 Å². The molecule has 2 aromatic rings. The number of rotatable bonds is 10. The predicted octanol–water partition coefficient (Wildman–Crippen LogP) is 4.75. The van der Waals surface area contributed by atoms with Crippen molar-refractivity contribution >= 4 is 21.6 Å². The molecular formula is C29H40FN3O3S. The zero-order valence-electron chi connectivity index (χ0n) is 21.8. The summed E-state index contributed by atoms with van der Waals surface area (Å²) in [5.41, 5.74) is 1.52. The fourth-order valence-corrected chi connectivity index (χ4v) is 7.62. The quantitative estimate of drug-likeness (QED) is 0.482. The number of piperidine rings is 1. The summed E-state index contributed by atoms with van der Waals surface area (Å²) in [6.07, 6.45) is 7.32. The van der Waals surface area contributed by atoms with Crippen molar-refractivity contribution in [2.24, 2.45) is 5.92 Å². The molecule has 6 nitrogen and oxygen atoms in total. The molecule has 0 unspecified atom stereocenters. The van der Waals surface area contributed by atoms with Gasteiger partial charge >= 0.3 is 0 Å². The lowest BCUT2D eigenvalue weighted by atomic mass is 9.91. The molecule has 1 aliphatic heterocycles. The van der Waals surface area contributed by atoms with Crippen LogP contribution in [0.2, 0.25) is 0 Å². The van der Waals surface area contributed by atoms with Gasteiger partial charge in [-0.05, 0) is 68.4 Å². The summed E-state index contributed by atoms with van der Waals surface area (Å²) >= 11 is 0. The van der Waals surface area contributed by atoms with Crippen molar-refractivity contribution in [1.82, 2.24) is 10.2 Å². The number of anilines is 1. The number of hydrogen-bond acceptors (Lipinski definition) is 4. The Morgan fingerprint density at radius 3 is 2.30 bits per heavy atom. The Morgan fingerprint density at radius 1 is 1.00 bits per heavy atom. The number of para-hydroxylation sites is 1. The number of halogens is 1. The first kappa shape index (κ1) is 27.6. The number of nitrogens with one attached hydrogen (secondary N) is 1. The van der Waals surface area contributed by atoms with E-state index in [9.17, 15) is 17.6 Å². The van der Waals surface area contributed by atoms with E-state index in [1.165, 1.54) is 18.6 Å². The maximum absolute atomic E-state index is 13.6. The van der Waals surface area contributed by atoms with E-state index in [2.05, 4.69) is 17.1 Å². The maximum Gasteiger partial charge on any atom is 0.235 e. The molecule has 202 valence electrons. The number of carbonyl (C=O) groups excluding carboxylic acids is 1. The molecule has 0 aromatic heterocycles. The zero-order valence-corrected chi connectivity index (χ0v) is 22.6. The normalized spacial score (nSPS) is 18.9. The molecule has 1 aliphatic carbocycles. The molecule has 37 heavy (non-hydrogen) atoms. The van der Waals surface area contributed by atoms with Crippen LogP contribution < -0.4 is 9.62 Å². The Labute approximate surface area is 221 Å². The molecule has 1 saturated heterocycles. The minimum Gasteiger partial charge on any atom is -0.353 e. The lowest BCUT2D eigenvalue weighted by molar-refractivity contribution is -0.121. The molecule has 1 atom stereocenters. The van der Waals surface area contributed by atoms with Crippen LogP contribution in [-0.2, 0) is 21.2 Å². The lowest BCUT2D eigenvalue weighted by Crippen LogP contribution is -2.51. The van der Waals surface area contributed by atoms with Crippen LogP contribution in [0.15, 0.2) is 54.6 Å². The molecular weight excluding hydrogens is 489 g/mol. The van der Waals surface area contributed by atoms with Gasteiger partial charge in [-0.1, -0.05) is 49.6 Å². The minimum absolute atomic E-state index is 0.0530. The van der Waals surface area contributed by atoms with Crippen molar-refractivity contribution in [3.05, 3.63) is 66.0 Å². The summed E-state index contributed by atoms with van der Waals surface area (Å²) in [5.74, 6) is 0.103. The number of hydrogen-bond donors (Lipinski definition) is 1. The summed E-state index contributed by atoms with van der Waals surface area (Å²) in [5, 5.41) is 3.11. The first-order valence-corrected chi connectivity index (χ1v) is 15.2. The Bertz CT molecular complexity index is 1100. The van der Waals surface area contributed by atoms with Gasteiger partial charge in [0.2, 0.25) is 15.9 Å². The topological polar surface area (TPSA) is 69.7 Å². The smallest absolute Gasteiger partial charge is 0.235 e. The van der Waals surface area contributed by atoms with Gasteiger partial charge in [-0.15, -0.1) is 0 Å². The molecule has 1 saturated carbocycles. The van der Waals surface area contributed by atoms with E-state index in [0.717, 1.165) is 62.9 Å². The standard InChI is InChI=1S/C29H40FN3O3S/c1-23(32-18-16-27(17-19-32)31-29(34)20-24-12-14-26(30)15-13-24)21-33(28-10-6-3-7-11-28)37(35,36)22-25-8-4-2-5-9-25/h3,6-7,10-15,23,25,27H,2,4-5,8-9,16-22H2,1H3,(H,31,34)/t23-/m1/s1. The van der Waals surface area contributed by atoms with Crippen LogP contribution in [0.25, 0.3) is 0 Å². The second kappa shape index (κ2) is 12.9. The molecule has 0 bridgehead atoms. The van der Waals surface area contributed by atoms with Gasteiger partial charge in [-0.25, -0.2) is 12.8 Å². The van der Waals surface area contributed by atoms with Crippen LogP contribution in [0.1, 0.15) is 57.4 Å². The number of nitrogens with zero attached hydrogens (tertiary/aromatic N) is 2. The van der Waals surface area contributed by atoms with Crippen LogP contribution in [0, 0.1) is 11.7 Å². The van der Waals surface area contributed by atoms with E-state index >= 15 is 0 Å². The molecule has 1 amide bonds. The molecule has 2 fully saturated rings. The third kappa shape index (κ3) is 8.01. The minimum atomic E-state index is -3.44. The summed E-state index contributed by atoms with van der Waals surface area (Å²) in [7, 11) is -3.44. The lowest BCUT2D eigenvalue weighted by Gasteiger charge is -2.39. The second-order valence-corrected chi connectivity index (χ2v) is 12.6. The molecule has 2 aromatic carbocycles. The Kier molecular flexibility index (Phi) is 9.60. The molecule has 2 aliphatic rings. The predicted molar refractivity (Wildman–Crippen MR) is 146 cm³/mol. The van der Waals surface area contributed by atoms with Crippen molar-refractivity contribution in [2.45, 2.75) is 70.4 Å². The van der Waals surface area contributed by atoms with E-state index < -0.39 is 10.0 Å². The van der Waals surface area contributed by atoms with Crippen molar-refractivity contribution in [3.8, 4) is 0 Å². The summed E-state index contributed by atoms with van der Waals surface area (Å²) < 4.78 is 41.9. The first-order chi connectivity index (χ1) is 17.8. The first-order valence-electron chi connectivity index (χ1n) is 13.6. The van der Waals surface area contributed by atoms with Crippen molar-refractivity contribution < 1.29 is 17.6 Å². The molecule has 0 spiro atoms. The zero-order chi connectivity index (χ0) is 26.3. The number of likely N-dealkylation sites (tertiary alicyclic amines) is 1. The highest BCUT2D eigenvalue weighted by Crippen LogP contribution is 2.28. The van der Waals surface area contributed by atoms with Gasteiger partial charge in [0.25, 0.3) is 0 Å². The SMILES string of the molecule is C[C@H](CN(c1ccccc1)S(=O)(=O)CC1CCCCC1)N1CCC(NC(=O)Cc2ccc(F)cc2)CC1. The number of carbonyl (C=O) groups is 1. The maximum atomic E-state index is 13.6. The molecule has 4 rings (SSSR count). The average Bonchev–Trinajstić information content (AvgIpc) is 2.89. The van der Waals surface area contributed by atoms with Gasteiger partial charge in [0, 0.05) is 31.7 Å². The highest BCUT2D eigenvalue weighted by atomic mass is 32.2. The van der Waals surface area contributed by atoms with E-state index in [0.29, 0.717) is 6.54 Å². The van der Waals surface area contributed by atoms with Gasteiger partial charge in [-0.2, -0.15) is 0 Å². The second-order valence-electron chi connectivity index (χ2n) is 10.7. The summed E-state index contributed by atoms with van der Waals surface area (Å²) in [6.45, 7) is 4.11. The van der Waals surface area contributed by atoms with Gasteiger partial charge < -0.3 is 5.32 Å². The van der Waals surface area contributed by atoms with Crippen LogP contribution >= 0.6 is 0 Å². The van der Waals surface area contributed by atoms with Gasteiger partial charge in [0.1, 0.15) is 5.82 Å². The van der Waals surface area contributed by atoms with E-state index in [4.69, 9.17) is 0 Å². The number of amides is 1. The Morgan fingerprint density at radius 2 is 1.65 bits per heavy atom. The fraction of sp³-hybridized carbons (Fsp3) is 0.552. The van der Waals surface area contributed by atoms with Crippen molar-refractivity contribution in [3.63, 3.8) is 0 Å². The van der Waals surface area contributed by atoms with E-state index in [-0.39, 0.29) is 41.9 Å². The van der Waals surface area contributed by atoms with Gasteiger partial charge in [-0.3, -0.25) is 14.0 Å². The largest absolute Gasteiger partial charge is 0.353 e. The summed E-state index contributed by atoms with van der Waals surface area (Å²) in [4.78, 5) is 14.8. The number of benzene rings is 2.